The SMILES string of the molecule is Cc1ccc(S(=O)(=O)/N=C2\C=CC(=O)C=C2NS(=O)(=O)c2ccc(C)cc2)cc1. The second-order valence-corrected chi connectivity index (χ2v) is 9.76. The number of ketones is 1. The van der Waals surface area contributed by atoms with Crippen LogP contribution in [0.4, 0.5) is 0 Å². The Hall–Kier alpha value is -3.04. The molecule has 0 saturated carbocycles. The normalized spacial score (nSPS) is 16.0. The number of nitrogens with one attached hydrogen (secondary N) is 1. The van der Waals surface area contributed by atoms with Crippen molar-refractivity contribution in [3.8, 4) is 0 Å². The van der Waals surface area contributed by atoms with Gasteiger partial charge in [-0.05, 0) is 50.3 Å². The number of aryl methyl sites for hydroxylation is 2. The van der Waals surface area contributed by atoms with Crippen molar-refractivity contribution >= 4 is 31.5 Å². The van der Waals surface area contributed by atoms with Crippen molar-refractivity contribution < 1.29 is 21.6 Å². The lowest BCUT2D eigenvalue weighted by Gasteiger charge is -2.14. The van der Waals surface area contributed by atoms with Gasteiger partial charge in [-0.25, -0.2) is 8.42 Å². The van der Waals surface area contributed by atoms with Gasteiger partial charge in [0.05, 0.1) is 15.5 Å². The number of hydrogen-bond acceptors (Lipinski definition) is 5. The molecule has 1 N–H and O–H groups in total. The van der Waals surface area contributed by atoms with Crippen LogP contribution in [-0.4, -0.2) is 28.3 Å². The van der Waals surface area contributed by atoms with Gasteiger partial charge in [-0.15, -0.1) is 0 Å². The summed E-state index contributed by atoms with van der Waals surface area (Å²) in [6, 6.07) is 12.2. The first kappa shape index (κ1) is 20.7. The molecule has 7 nitrogen and oxygen atoms in total. The monoisotopic (exact) mass is 430 g/mol. The highest BCUT2D eigenvalue weighted by molar-refractivity contribution is 7.90. The fourth-order valence-electron chi connectivity index (χ4n) is 2.49. The molecule has 150 valence electrons. The Kier molecular flexibility index (Phi) is 5.54. The number of allylic oxidation sites excluding steroid dienone is 3. The molecule has 9 heteroatoms. The van der Waals surface area contributed by atoms with Gasteiger partial charge in [-0.3, -0.25) is 9.52 Å². The molecule has 3 rings (SSSR count). The van der Waals surface area contributed by atoms with E-state index in [-0.39, 0.29) is 21.2 Å². The summed E-state index contributed by atoms with van der Waals surface area (Å²) >= 11 is 0. The van der Waals surface area contributed by atoms with Gasteiger partial charge in [0, 0.05) is 6.08 Å². The third-order valence-corrected chi connectivity index (χ3v) is 6.77. The predicted octanol–water partition coefficient (Wildman–Crippen LogP) is 2.43. The van der Waals surface area contributed by atoms with E-state index in [1.807, 2.05) is 13.8 Å². The van der Waals surface area contributed by atoms with E-state index in [4.69, 9.17) is 0 Å². The maximum atomic E-state index is 12.6. The Morgan fingerprint density at radius 2 is 1.28 bits per heavy atom. The van der Waals surface area contributed by atoms with Gasteiger partial charge >= 0.3 is 0 Å². The molecule has 0 saturated heterocycles. The zero-order chi connectivity index (χ0) is 21.2. The van der Waals surface area contributed by atoms with Crippen molar-refractivity contribution in [2.45, 2.75) is 23.6 Å². The first-order valence-corrected chi connectivity index (χ1v) is 11.4. The number of carbonyl (C=O) groups excluding carboxylic acids is 1. The van der Waals surface area contributed by atoms with Crippen molar-refractivity contribution in [2.24, 2.45) is 4.40 Å². The Morgan fingerprint density at radius 3 is 1.83 bits per heavy atom. The summed E-state index contributed by atoms with van der Waals surface area (Å²) in [6.07, 6.45) is 3.28. The number of sulfonamides is 2. The van der Waals surface area contributed by atoms with E-state index in [2.05, 4.69) is 9.12 Å². The second kappa shape index (κ2) is 7.76. The largest absolute Gasteiger partial charge is 0.290 e. The van der Waals surface area contributed by atoms with Crippen LogP contribution < -0.4 is 4.72 Å². The summed E-state index contributed by atoms with van der Waals surface area (Å²) in [5.41, 5.74) is 1.37. The van der Waals surface area contributed by atoms with E-state index in [0.29, 0.717) is 0 Å². The Bertz CT molecular complexity index is 1250. The average Bonchev–Trinajstić information content (AvgIpc) is 2.64. The molecule has 0 radical (unpaired) electrons. The van der Waals surface area contributed by atoms with Crippen LogP contribution in [0.15, 0.2) is 86.6 Å². The standard InChI is InChI=1S/C20H18N2O5S2/c1-14-3-8-17(9-4-14)28(24,25)21-19-12-7-16(23)13-20(19)22-29(26,27)18-10-5-15(2)6-11-18/h3-13,22H,1-2H3/b21-19+. The van der Waals surface area contributed by atoms with Crippen LogP contribution in [-0.2, 0) is 24.8 Å². The molecule has 1 aliphatic carbocycles. The van der Waals surface area contributed by atoms with Crippen molar-refractivity contribution in [3.63, 3.8) is 0 Å². The highest BCUT2D eigenvalue weighted by Crippen LogP contribution is 2.18. The van der Waals surface area contributed by atoms with E-state index in [1.165, 1.54) is 30.3 Å². The average molecular weight is 431 g/mol. The summed E-state index contributed by atoms with van der Waals surface area (Å²) in [6.45, 7) is 3.64. The van der Waals surface area contributed by atoms with Crippen LogP contribution in [0.5, 0.6) is 0 Å². The van der Waals surface area contributed by atoms with Crippen molar-refractivity contribution in [1.82, 2.24) is 4.72 Å². The number of rotatable bonds is 5. The van der Waals surface area contributed by atoms with Crippen LogP contribution in [0.25, 0.3) is 0 Å². The third-order valence-electron chi connectivity index (χ3n) is 4.08. The molecular weight excluding hydrogens is 412 g/mol. The van der Waals surface area contributed by atoms with E-state index in [0.717, 1.165) is 23.3 Å². The summed E-state index contributed by atoms with van der Waals surface area (Å²) in [5.74, 6) is -0.488. The van der Waals surface area contributed by atoms with E-state index >= 15 is 0 Å². The maximum Gasteiger partial charge on any atom is 0.282 e. The lowest BCUT2D eigenvalue weighted by Crippen LogP contribution is -2.29. The Labute approximate surface area is 169 Å². The Morgan fingerprint density at radius 1 is 0.759 bits per heavy atom. The topological polar surface area (TPSA) is 110 Å². The molecule has 0 amide bonds. The van der Waals surface area contributed by atoms with E-state index < -0.39 is 25.8 Å². The van der Waals surface area contributed by atoms with Gasteiger partial charge in [0.2, 0.25) is 0 Å². The minimum Gasteiger partial charge on any atom is -0.290 e. The molecule has 2 aromatic carbocycles. The van der Waals surface area contributed by atoms with E-state index in [9.17, 15) is 21.6 Å². The van der Waals surface area contributed by atoms with Crippen LogP contribution in [0.2, 0.25) is 0 Å². The molecule has 1 aliphatic rings. The molecule has 0 bridgehead atoms. The molecule has 0 unspecified atom stereocenters. The number of nitrogens with zero attached hydrogens (tertiary/aromatic N) is 1. The molecule has 0 spiro atoms. The highest BCUT2D eigenvalue weighted by Gasteiger charge is 2.23. The fraction of sp³-hybridized carbons (Fsp3) is 0.100. The van der Waals surface area contributed by atoms with Gasteiger partial charge in [0.25, 0.3) is 20.0 Å². The molecule has 0 atom stereocenters. The first-order valence-electron chi connectivity index (χ1n) is 8.52. The number of hydrogen-bond donors (Lipinski definition) is 1. The van der Waals surface area contributed by atoms with Crippen LogP contribution in [0.3, 0.4) is 0 Å². The quantitative estimate of drug-likeness (QED) is 0.733. The Balaban J connectivity index is 1.98. The molecule has 0 aliphatic heterocycles. The van der Waals surface area contributed by atoms with Crippen LogP contribution in [0.1, 0.15) is 11.1 Å². The van der Waals surface area contributed by atoms with Crippen molar-refractivity contribution in [3.05, 3.63) is 83.6 Å². The minimum atomic E-state index is -4.10. The lowest BCUT2D eigenvalue weighted by molar-refractivity contribution is -0.110. The summed E-state index contributed by atoms with van der Waals surface area (Å²) in [4.78, 5) is 11.7. The summed E-state index contributed by atoms with van der Waals surface area (Å²) < 4.78 is 56.5. The molecule has 0 heterocycles. The zero-order valence-electron chi connectivity index (χ0n) is 15.7. The van der Waals surface area contributed by atoms with Crippen LogP contribution >= 0.6 is 0 Å². The van der Waals surface area contributed by atoms with Gasteiger partial charge in [0.15, 0.2) is 5.78 Å². The zero-order valence-corrected chi connectivity index (χ0v) is 17.3. The number of benzene rings is 2. The molecule has 0 aromatic heterocycles. The second-order valence-electron chi connectivity index (χ2n) is 6.48. The van der Waals surface area contributed by atoms with Gasteiger partial charge in [-0.2, -0.15) is 12.8 Å². The summed E-state index contributed by atoms with van der Waals surface area (Å²) in [7, 11) is -8.14. The van der Waals surface area contributed by atoms with Gasteiger partial charge in [-0.1, -0.05) is 35.4 Å². The lowest BCUT2D eigenvalue weighted by atomic mass is 10.1. The summed E-state index contributed by atoms with van der Waals surface area (Å²) in [5, 5.41) is 0. The van der Waals surface area contributed by atoms with Gasteiger partial charge < -0.3 is 0 Å². The number of carbonyl (C=O) groups is 1. The predicted molar refractivity (Wildman–Crippen MR) is 110 cm³/mol. The van der Waals surface area contributed by atoms with Crippen molar-refractivity contribution in [2.75, 3.05) is 0 Å². The molecular formula is C20H18N2O5S2. The smallest absolute Gasteiger partial charge is 0.282 e. The van der Waals surface area contributed by atoms with Crippen LogP contribution in [0, 0.1) is 13.8 Å². The van der Waals surface area contributed by atoms with Crippen molar-refractivity contribution in [1.29, 1.82) is 0 Å². The molecule has 0 fully saturated rings. The first-order chi connectivity index (χ1) is 13.6. The molecule has 29 heavy (non-hydrogen) atoms. The minimum absolute atomic E-state index is 0.0215. The third kappa shape index (κ3) is 4.87. The van der Waals surface area contributed by atoms with E-state index in [1.54, 1.807) is 24.3 Å². The van der Waals surface area contributed by atoms with Gasteiger partial charge in [0.1, 0.15) is 5.71 Å². The fourth-order valence-corrected chi connectivity index (χ4v) is 4.56. The highest BCUT2D eigenvalue weighted by atomic mass is 32.2. The maximum absolute atomic E-state index is 12.6. The molecule has 2 aromatic rings.